The van der Waals surface area contributed by atoms with Crippen LogP contribution in [0.4, 0.5) is 0 Å². The van der Waals surface area contributed by atoms with Crippen molar-refractivity contribution >= 4 is 5.97 Å². The maximum atomic E-state index is 11.2. The highest BCUT2D eigenvalue weighted by Gasteiger charge is 2.28. The molecule has 0 saturated carbocycles. The van der Waals surface area contributed by atoms with Gasteiger partial charge in [-0.3, -0.25) is 9.69 Å². The van der Waals surface area contributed by atoms with Crippen LogP contribution in [0.25, 0.3) is 0 Å². The van der Waals surface area contributed by atoms with E-state index in [1.807, 2.05) is 11.8 Å². The van der Waals surface area contributed by atoms with Crippen LogP contribution in [0.1, 0.15) is 37.6 Å². The fourth-order valence-corrected chi connectivity index (χ4v) is 2.34. The predicted molar refractivity (Wildman–Crippen MR) is 67.1 cm³/mol. The molecule has 98 valence electrons. The molecule has 1 atom stereocenters. The quantitative estimate of drug-likeness (QED) is 0.875. The van der Waals surface area contributed by atoms with Crippen molar-refractivity contribution in [3.05, 3.63) is 23.8 Å². The SMILES string of the molecule is CCc1ncc(CN2CCCCC2C(=O)O)cn1. The van der Waals surface area contributed by atoms with E-state index in [4.69, 9.17) is 0 Å². The Kier molecular flexibility index (Phi) is 4.25. The van der Waals surface area contributed by atoms with Gasteiger partial charge in [-0.2, -0.15) is 0 Å². The van der Waals surface area contributed by atoms with Gasteiger partial charge >= 0.3 is 5.97 Å². The molecule has 1 aliphatic heterocycles. The smallest absolute Gasteiger partial charge is 0.320 e. The summed E-state index contributed by atoms with van der Waals surface area (Å²) >= 11 is 0. The van der Waals surface area contributed by atoms with Crippen molar-refractivity contribution in [1.29, 1.82) is 0 Å². The fourth-order valence-electron chi connectivity index (χ4n) is 2.34. The van der Waals surface area contributed by atoms with Crippen LogP contribution in [0.2, 0.25) is 0 Å². The molecule has 0 aromatic carbocycles. The van der Waals surface area contributed by atoms with Gasteiger partial charge in [0.15, 0.2) is 0 Å². The standard InChI is InChI=1S/C13H19N3O2/c1-2-12-14-7-10(8-15-12)9-16-6-4-3-5-11(16)13(17)18/h7-8,11H,2-6,9H2,1H3,(H,17,18). The van der Waals surface area contributed by atoms with Crippen LogP contribution in [0.5, 0.6) is 0 Å². The first-order valence-corrected chi connectivity index (χ1v) is 6.47. The number of hydrogen-bond acceptors (Lipinski definition) is 4. The fraction of sp³-hybridized carbons (Fsp3) is 0.615. The van der Waals surface area contributed by atoms with Gasteiger partial charge in [-0.25, -0.2) is 9.97 Å². The third-order valence-corrected chi connectivity index (χ3v) is 3.36. The van der Waals surface area contributed by atoms with E-state index in [0.29, 0.717) is 6.54 Å². The van der Waals surface area contributed by atoms with Gasteiger partial charge in [0.2, 0.25) is 0 Å². The van der Waals surface area contributed by atoms with Gasteiger partial charge in [0.25, 0.3) is 0 Å². The Bertz CT molecular complexity index is 405. The molecule has 1 saturated heterocycles. The highest BCUT2D eigenvalue weighted by Crippen LogP contribution is 2.19. The summed E-state index contributed by atoms with van der Waals surface area (Å²) in [5.74, 6) is 0.105. The highest BCUT2D eigenvalue weighted by molar-refractivity contribution is 5.73. The molecule has 0 aliphatic carbocycles. The molecule has 1 unspecified atom stereocenters. The minimum atomic E-state index is -0.721. The van der Waals surface area contributed by atoms with Crippen LogP contribution in [0.3, 0.4) is 0 Å². The normalized spacial score (nSPS) is 20.8. The lowest BCUT2D eigenvalue weighted by Gasteiger charge is -2.32. The molecule has 1 aliphatic rings. The van der Waals surface area contributed by atoms with Crippen molar-refractivity contribution in [2.45, 2.75) is 45.2 Å². The Morgan fingerprint density at radius 1 is 1.44 bits per heavy atom. The van der Waals surface area contributed by atoms with Gasteiger partial charge < -0.3 is 5.11 Å². The number of carboxylic acid groups (broad SMARTS) is 1. The van der Waals surface area contributed by atoms with E-state index in [0.717, 1.165) is 43.6 Å². The molecular weight excluding hydrogens is 230 g/mol. The minimum absolute atomic E-state index is 0.357. The molecular formula is C13H19N3O2. The number of carboxylic acids is 1. The second kappa shape index (κ2) is 5.91. The van der Waals surface area contributed by atoms with E-state index in [-0.39, 0.29) is 6.04 Å². The maximum absolute atomic E-state index is 11.2. The number of likely N-dealkylation sites (tertiary alicyclic amines) is 1. The van der Waals surface area contributed by atoms with E-state index < -0.39 is 5.97 Å². The minimum Gasteiger partial charge on any atom is -0.480 e. The molecule has 2 heterocycles. The number of hydrogen-bond donors (Lipinski definition) is 1. The van der Waals surface area contributed by atoms with E-state index in [1.54, 1.807) is 12.4 Å². The molecule has 1 fully saturated rings. The Morgan fingerprint density at radius 2 is 2.17 bits per heavy atom. The summed E-state index contributed by atoms with van der Waals surface area (Å²) in [6.07, 6.45) is 7.24. The number of aromatic nitrogens is 2. The molecule has 2 rings (SSSR count). The molecule has 0 amide bonds. The van der Waals surface area contributed by atoms with Crippen molar-refractivity contribution in [2.75, 3.05) is 6.54 Å². The van der Waals surface area contributed by atoms with Gasteiger partial charge in [0.1, 0.15) is 11.9 Å². The molecule has 1 N–H and O–H groups in total. The van der Waals surface area contributed by atoms with Gasteiger partial charge in [-0.1, -0.05) is 13.3 Å². The summed E-state index contributed by atoms with van der Waals surface area (Å²) in [6.45, 7) is 3.48. The summed E-state index contributed by atoms with van der Waals surface area (Å²) in [7, 11) is 0. The zero-order valence-electron chi connectivity index (χ0n) is 10.7. The van der Waals surface area contributed by atoms with Gasteiger partial charge in [0.05, 0.1) is 0 Å². The Morgan fingerprint density at radius 3 is 2.78 bits per heavy atom. The average Bonchev–Trinajstić information content (AvgIpc) is 2.40. The number of carbonyl (C=O) groups is 1. The molecule has 18 heavy (non-hydrogen) atoms. The lowest BCUT2D eigenvalue weighted by Crippen LogP contribution is -2.44. The number of aliphatic carboxylic acids is 1. The topological polar surface area (TPSA) is 66.3 Å². The number of rotatable bonds is 4. The summed E-state index contributed by atoms with van der Waals surface area (Å²) in [4.78, 5) is 21.7. The monoisotopic (exact) mass is 249 g/mol. The Hall–Kier alpha value is -1.49. The van der Waals surface area contributed by atoms with E-state index in [9.17, 15) is 9.90 Å². The van der Waals surface area contributed by atoms with Gasteiger partial charge in [-0.15, -0.1) is 0 Å². The molecule has 1 aromatic heterocycles. The molecule has 0 spiro atoms. The first-order valence-electron chi connectivity index (χ1n) is 6.47. The number of nitrogens with zero attached hydrogens (tertiary/aromatic N) is 3. The van der Waals surface area contributed by atoms with Crippen molar-refractivity contribution in [2.24, 2.45) is 0 Å². The summed E-state index contributed by atoms with van der Waals surface area (Å²) in [5.41, 5.74) is 0.986. The zero-order valence-corrected chi connectivity index (χ0v) is 10.7. The van der Waals surface area contributed by atoms with Crippen LogP contribution in [-0.2, 0) is 17.8 Å². The summed E-state index contributed by atoms with van der Waals surface area (Å²) < 4.78 is 0. The Labute approximate surface area is 107 Å². The number of aryl methyl sites for hydroxylation is 1. The molecule has 1 aromatic rings. The first kappa shape index (κ1) is 13.0. The maximum Gasteiger partial charge on any atom is 0.320 e. The van der Waals surface area contributed by atoms with Crippen molar-refractivity contribution in [1.82, 2.24) is 14.9 Å². The third kappa shape index (κ3) is 3.04. The van der Waals surface area contributed by atoms with Crippen LogP contribution in [0, 0.1) is 0 Å². The Balaban J connectivity index is 2.03. The third-order valence-electron chi connectivity index (χ3n) is 3.36. The van der Waals surface area contributed by atoms with Crippen LogP contribution in [0.15, 0.2) is 12.4 Å². The van der Waals surface area contributed by atoms with Crippen LogP contribution < -0.4 is 0 Å². The van der Waals surface area contributed by atoms with Gasteiger partial charge in [-0.05, 0) is 19.4 Å². The lowest BCUT2D eigenvalue weighted by atomic mass is 10.0. The van der Waals surface area contributed by atoms with E-state index >= 15 is 0 Å². The first-order chi connectivity index (χ1) is 8.70. The molecule has 5 heteroatoms. The molecule has 0 radical (unpaired) electrons. The number of piperidine rings is 1. The van der Waals surface area contributed by atoms with E-state index in [1.165, 1.54) is 0 Å². The second-order valence-electron chi connectivity index (χ2n) is 4.68. The van der Waals surface area contributed by atoms with Crippen molar-refractivity contribution in [3.8, 4) is 0 Å². The van der Waals surface area contributed by atoms with Crippen molar-refractivity contribution < 1.29 is 9.90 Å². The second-order valence-corrected chi connectivity index (χ2v) is 4.68. The summed E-state index contributed by atoms with van der Waals surface area (Å²) in [6, 6.07) is -0.357. The molecule has 5 nitrogen and oxygen atoms in total. The van der Waals surface area contributed by atoms with E-state index in [2.05, 4.69) is 9.97 Å². The van der Waals surface area contributed by atoms with Crippen LogP contribution in [-0.4, -0.2) is 38.5 Å². The van der Waals surface area contributed by atoms with Crippen LogP contribution >= 0.6 is 0 Å². The molecule has 0 bridgehead atoms. The highest BCUT2D eigenvalue weighted by atomic mass is 16.4. The predicted octanol–water partition coefficient (Wildman–Crippen LogP) is 1.48. The lowest BCUT2D eigenvalue weighted by molar-refractivity contribution is -0.144. The van der Waals surface area contributed by atoms with Gasteiger partial charge in [0, 0.05) is 30.9 Å². The largest absolute Gasteiger partial charge is 0.480 e. The average molecular weight is 249 g/mol. The zero-order chi connectivity index (χ0) is 13.0. The van der Waals surface area contributed by atoms with Crippen molar-refractivity contribution in [3.63, 3.8) is 0 Å². The summed E-state index contributed by atoms with van der Waals surface area (Å²) in [5, 5.41) is 9.20.